The average Bonchev–Trinajstić information content (AvgIpc) is 2.03. The van der Waals surface area contributed by atoms with Gasteiger partial charge in [0.2, 0.25) is 5.95 Å². The lowest BCUT2D eigenvalue weighted by Crippen LogP contribution is -2.42. The van der Waals surface area contributed by atoms with Gasteiger partial charge in [-0.15, -0.1) is 0 Å². The fraction of sp³-hybridized carbons (Fsp3) is 0.750. The van der Waals surface area contributed by atoms with Crippen molar-refractivity contribution in [3.05, 3.63) is 12.5 Å². The van der Waals surface area contributed by atoms with Crippen LogP contribution in [0, 0.1) is 0 Å². The molecule has 0 aromatic heterocycles. The standard InChI is InChI=1S/C8H15F2NO/c1-4-8(3,5-6-9)11(12)7(2)10/h12H,2,4-6H2,1,3H3. The van der Waals surface area contributed by atoms with Crippen LogP contribution in [-0.2, 0) is 0 Å². The third-order valence-electron chi connectivity index (χ3n) is 2.14. The smallest absolute Gasteiger partial charge is 0.206 e. The Morgan fingerprint density at radius 3 is 2.42 bits per heavy atom. The summed E-state index contributed by atoms with van der Waals surface area (Å²) in [5.74, 6) is -0.951. The molecule has 0 fully saturated rings. The van der Waals surface area contributed by atoms with Crippen LogP contribution in [0.2, 0.25) is 0 Å². The second-order valence-electron chi connectivity index (χ2n) is 2.98. The van der Waals surface area contributed by atoms with Crippen LogP contribution < -0.4 is 0 Å². The zero-order valence-electron chi connectivity index (χ0n) is 7.48. The van der Waals surface area contributed by atoms with Gasteiger partial charge in [-0.25, -0.2) is 5.06 Å². The first-order valence-corrected chi connectivity index (χ1v) is 3.87. The van der Waals surface area contributed by atoms with E-state index in [9.17, 15) is 8.78 Å². The van der Waals surface area contributed by atoms with E-state index in [0.29, 0.717) is 11.5 Å². The number of hydroxylamine groups is 2. The van der Waals surface area contributed by atoms with Gasteiger partial charge in [-0.05, 0) is 19.9 Å². The second kappa shape index (κ2) is 4.40. The van der Waals surface area contributed by atoms with Gasteiger partial charge in [0, 0.05) is 6.42 Å². The molecular formula is C8H15F2NO. The van der Waals surface area contributed by atoms with Gasteiger partial charge >= 0.3 is 0 Å². The van der Waals surface area contributed by atoms with Crippen LogP contribution in [0.3, 0.4) is 0 Å². The molecule has 1 atom stereocenters. The van der Waals surface area contributed by atoms with Gasteiger partial charge in [0.15, 0.2) is 0 Å². The highest BCUT2D eigenvalue weighted by molar-refractivity contribution is 4.89. The molecule has 0 aromatic carbocycles. The van der Waals surface area contributed by atoms with Crippen LogP contribution in [-0.4, -0.2) is 22.5 Å². The summed E-state index contributed by atoms with van der Waals surface area (Å²) in [5.41, 5.74) is -0.888. The molecule has 0 aromatic rings. The van der Waals surface area contributed by atoms with Gasteiger partial charge < -0.3 is 0 Å². The van der Waals surface area contributed by atoms with Crippen molar-refractivity contribution in [2.75, 3.05) is 6.67 Å². The third-order valence-corrected chi connectivity index (χ3v) is 2.14. The van der Waals surface area contributed by atoms with E-state index in [2.05, 4.69) is 6.58 Å². The molecule has 2 nitrogen and oxygen atoms in total. The van der Waals surface area contributed by atoms with E-state index in [1.807, 2.05) is 0 Å². The van der Waals surface area contributed by atoms with Crippen LogP contribution >= 0.6 is 0 Å². The van der Waals surface area contributed by atoms with E-state index < -0.39 is 18.2 Å². The Kier molecular flexibility index (Phi) is 4.17. The molecule has 0 rings (SSSR count). The first-order chi connectivity index (χ1) is 5.48. The maximum absolute atomic E-state index is 12.5. The average molecular weight is 179 g/mol. The number of halogens is 2. The topological polar surface area (TPSA) is 23.5 Å². The van der Waals surface area contributed by atoms with Crippen LogP contribution in [0.25, 0.3) is 0 Å². The Morgan fingerprint density at radius 2 is 2.17 bits per heavy atom. The summed E-state index contributed by atoms with van der Waals surface area (Å²) in [4.78, 5) is 0. The van der Waals surface area contributed by atoms with E-state index in [1.165, 1.54) is 0 Å². The van der Waals surface area contributed by atoms with Gasteiger partial charge in [0.25, 0.3) is 0 Å². The fourth-order valence-corrected chi connectivity index (χ4v) is 0.929. The fourth-order valence-electron chi connectivity index (χ4n) is 0.929. The van der Waals surface area contributed by atoms with Crippen LogP contribution in [0.15, 0.2) is 12.5 Å². The summed E-state index contributed by atoms with van der Waals surface area (Å²) >= 11 is 0. The quantitative estimate of drug-likeness (QED) is 0.518. The summed E-state index contributed by atoms with van der Waals surface area (Å²) in [5, 5.41) is 9.56. The van der Waals surface area contributed by atoms with E-state index in [0.717, 1.165) is 0 Å². The molecule has 0 aliphatic rings. The van der Waals surface area contributed by atoms with Gasteiger partial charge in [0.05, 0.1) is 12.2 Å². The first-order valence-electron chi connectivity index (χ1n) is 3.87. The third kappa shape index (κ3) is 2.44. The highest BCUT2D eigenvalue weighted by Crippen LogP contribution is 2.25. The molecule has 0 radical (unpaired) electrons. The lowest BCUT2D eigenvalue weighted by Gasteiger charge is -2.35. The first kappa shape index (κ1) is 11.4. The second-order valence-corrected chi connectivity index (χ2v) is 2.98. The maximum Gasteiger partial charge on any atom is 0.206 e. The van der Waals surface area contributed by atoms with Crippen LogP contribution in [0.5, 0.6) is 0 Å². The van der Waals surface area contributed by atoms with Crippen molar-refractivity contribution in [1.29, 1.82) is 0 Å². The van der Waals surface area contributed by atoms with E-state index in [1.54, 1.807) is 13.8 Å². The Balaban J connectivity index is 4.38. The number of alkyl halides is 1. The molecule has 1 N–H and O–H groups in total. The van der Waals surface area contributed by atoms with Crippen molar-refractivity contribution < 1.29 is 14.0 Å². The minimum absolute atomic E-state index is 0.0862. The molecule has 0 heterocycles. The Morgan fingerprint density at radius 1 is 1.67 bits per heavy atom. The molecule has 4 heteroatoms. The molecule has 12 heavy (non-hydrogen) atoms. The molecular weight excluding hydrogens is 164 g/mol. The normalized spacial score (nSPS) is 15.4. The van der Waals surface area contributed by atoms with E-state index >= 15 is 0 Å². The zero-order chi connectivity index (χ0) is 9.78. The molecule has 0 amide bonds. The van der Waals surface area contributed by atoms with Crippen molar-refractivity contribution in [3.63, 3.8) is 0 Å². The molecule has 0 saturated heterocycles. The minimum Gasteiger partial charge on any atom is -0.286 e. The number of hydrogen-bond acceptors (Lipinski definition) is 2. The summed E-state index contributed by atoms with van der Waals surface area (Å²) in [7, 11) is 0. The Labute approximate surface area is 71.4 Å². The van der Waals surface area contributed by atoms with Crippen LogP contribution in [0.4, 0.5) is 8.78 Å². The SMILES string of the molecule is C=C(F)N(O)C(C)(CC)CCF. The maximum atomic E-state index is 12.5. The molecule has 0 aliphatic carbocycles. The van der Waals surface area contributed by atoms with Crippen molar-refractivity contribution in [2.45, 2.75) is 32.2 Å². The molecule has 72 valence electrons. The van der Waals surface area contributed by atoms with Crippen LogP contribution in [0.1, 0.15) is 26.7 Å². The lowest BCUT2D eigenvalue weighted by molar-refractivity contribution is -0.158. The summed E-state index contributed by atoms with van der Waals surface area (Å²) in [6, 6.07) is 0. The summed E-state index contributed by atoms with van der Waals surface area (Å²) in [6.45, 7) is 5.68. The van der Waals surface area contributed by atoms with Crippen molar-refractivity contribution in [2.24, 2.45) is 0 Å². The summed E-state index contributed by atoms with van der Waals surface area (Å²) in [6.07, 6.45) is 0.541. The van der Waals surface area contributed by atoms with Gasteiger partial charge in [-0.1, -0.05) is 6.92 Å². The lowest BCUT2D eigenvalue weighted by atomic mass is 9.95. The number of rotatable bonds is 5. The summed E-state index contributed by atoms with van der Waals surface area (Å²) < 4.78 is 24.5. The predicted octanol–water partition coefficient (Wildman–Crippen LogP) is 2.65. The monoisotopic (exact) mass is 179 g/mol. The predicted molar refractivity (Wildman–Crippen MR) is 43.2 cm³/mol. The Hall–Kier alpha value is -0.640. The van der Waals surface area contributed by atoms with E-state index in [4.69, 9.17) is 5.21 Å². The van der Waals surface area contributed by atoms with Gasteiger partial charge in [0.1, 0.15) is 0 Å². The minimum atomic E-state index is -0.951. The largest absolute Gasteiger partial charge is 0.286 e. The van der Waals surface area contributed by atoms with E-state index in [-0.39, 0.29) is 6.42 Å². The molecule has 0 saturated carbocycles. The van der Waals surface area contributed by atoms with Gasteiger partial charge in [-0.3, -0.25) is 9.60 Å². The van der Waals surface area contributed by atoms with Crippen molar-refractivity contribution in [3.8, 4) is 0 Å². The van der Waals surface area contributed by atoms with Crippen molar-refractivity contribution >= 4 is 0 Å². The number of nitrogens with zero attached hydrogens (tertiary/aromatic N) is 1. The molecule has 0 aliphatic heterocycles. The Bertz CT molecular complexity index is 163. The molecule has 0 bridgehead atoms. The molecule has 0 spiro atoms. The highest BCUT2D eigenvalue weighted by Gasteiger charge is 2.30. The molecule has 1 unspecified atom stereocenters. The zero-order valence-corrected chi connectivity index (χ0v) is 7.48. The van der Waals surface area contributed by atoms with Gasteiger partial charge in [-0.2, -0.15) is 4.39 Å². The highest BCUT2D eigenvalue weighted by atomic mass is 19.1. The van der Waals surface area contributed by atoms with Crippen molar-refractivity contribution in [1.82, 2.24) is 5.06 Å². The number of hydrogen-bond donors (Lipinski definition) is 1.